The number of hydrogen-bond acceptors (Lipinski definition) is 2. The van der Waals surface area contributed by atoms with Crippen molar-refractivity contribution in [3.63, 3.8) is 0 Å². The van der Waals surface area contributed by atoms with Gasteiger partial charge in [0.15, 0.2) is 0 Å². The highest BCUT2D eigenvalue weighted by Gasteiger charge is 2.12. The molecular weight excluding hydrogens is 306 g/mol. The van der Waals surface area contributed by atoms with Crippen LogP contribution in [0.3, 0.4) is 0 Å². The summed E-state index contributed by atoms with van der Waals surface area (Å²) in [6, 6.07) is 10.5. The number of halogens is 1. The highest BCUT2D eigenvalue weighted by Crippen LogP contribution is 2.23. The Balaban J connectivity index is 2.25. The number of phenols is 1. The van der Waals surface area contributed by atoms with Crippen molar-refractivity contribution in [1.29, 1.82) is 0 Å². The van der Waals surface area contributed by atoms with Crippen molar-refractivity contribution in [3.8, 4) is 5.75 Å². The minimum Gasteiger partial charge on any atom is -0.507 e. The van der Waals surface area contributed by atoms with Crippen LogP contribution in [0.15, 0.2) is 40.9 Å². The van der Waals surface area contributed by atoms with Crippen LogP contribution < -0.4 is 5.32 Å². The van der Waals surface area contributed by atoms with E-state index < -0.39 is 0 Å². The molecule has 0 aliphatic rings. The fourth-order valence-corrected chi connectivity index (χ4v) is 2.07. The predicted octanol–water partition coefficient (Wildman–Crippen LogP) is 4.02. The summed E-state index contributed by atoms with van der Waals surface area (Å²) in [6.07, 6.45) is 0. The Morgan fingerprint density at radius 1 is 1.11 bits per heavy atom. The van der Waals surface area contributed by atoms with Crippen LogP contribution in [-0.4, -0.2) is 11.0 Å². The van der Waals surface area contributed by atoms with E-state index in [1.807, 2.05) is 32.0 Å². The van der Waals surface area contributed by atoms with Crippen molar-refractivity contribution in [3.05, 3.63) is 57.6 Å². The summed E-state index contributed by atoms with van der Waals surface area (Å²) >= 11 is 3.28. The Morgan fingerprint density at radius 3 is 2.53 bits per heavy atom. The molecule has 0 spiro atoms. The largest absolute Gasteiger partial charge is 0.507 e. The summed E-state index contributed by atoms with van der Waals surface area (Å²) in [4.78, 5) is 12.1. The van der Waals surface area contributed by atoms with Gasteiger partial charge in [0.25, 0.3) is 5.91 Å². The first-order valence-corrected chi connectivity index (χ1v) is 6.64. The van der Waals surface area contributed by atoms with Gasteiger partial charge in [-0.25, -0.2) is 0 Å². The molecule has 0 saturated carbocycles. The second kappa shape index (κ2) is 5.45. The van der Waals surface area contributed by atoms with E-state index in [2.05, 4.69) is 21.2 Å². The van der Waals surface area contributed by atoms with E-state index in [1.54, 1.807) is 12.1 Å². The van der Waals surface area contributed by atoms with E-state index in [1.165, 1.54) is 11.6 Å². The smallest absolute Gasteiger partial charge is 0.259 e. The van der Waals surface area contributed by atoms with Gasteiger partial charge in [0.1, 0.15) is 5.75 Å². The molecular formula is C15H14BrNO2. The monoisotopic (exact) mass is 319 g/mol. The van der Waals surface area contributed by atoms with Crippen molar-refractivity contribution < 1.29 is 9.90 Å². The maximum absolute atomic E-state index is 12.1. The molecule has 2 N–H and O–H groups in total. The van der Waals surface area contributed by atoms with E-state index in [4.69, 9.17) is 0 Å². The number of aromatic hydroxyl groups is 1. The molecule has 0 saturated heterocycles. The van der Waals surface area contributed by atoms with Crippen molar-refractivity contribution in [2.75, 3.05) is 5.32 Å². The third-order valence-corrected chi connectivity index (χ3v) is 3.46. The van der Waals surface area contributed by atoms with Crippen molar-refractivity contribution in [2.24, 2.45) is 0 Å². The normalized spacial score (nSPS) is 10.3. The molecule has 0 atom stereocenters. The first-order valence-electron chi connectivity index (χ1n) is 5.84. The molecule has 0 unspecified atom stereocenters. The molecule has 2 aromatic rings. The Labute approximate surface area is 120 Å². The summed E-state index contributed by atoms with van der Waals surface area (Å²) in [5.74, 6) is -0.369. The van der Waals surface area contributed by atoms with E-state index in [9.17, 15) is 9.90 Å². The molecule has 0 aliphatic heterocycles. The number of aryl methyl sites for hydroxylation is 2. The van der Waals surface area contributed by atoms with Gasteiger partial charge in [-0.2, -0.15) is 0 Å². The van der Waals surface area contributed by atoms with Gasteiger partial charge < -0.3 is 10.4 Å². The zero-order chi connectivity index (χ0) is 14.0. The van der Waals surface area contributed by atoms with Crippen LogP contribution in [0.1, 0.15) is 21.5 Å². The molecule has 0 aliphatic carbocycles. The van der Waals surface area contributed by atoms with Crippen LogP contribution in [0, 0.1) is 13.8 Å². The van der Waals surface area contributed by atoms with E-state index in [0.29, 0.717) is 5.69 Å². The molecule has 0 aromatic heterocycles. The summed E-state index contributed by atoms with van der Waals surface area (Å²) < 4.78 is 0.746. The van der Waals surface area contributed by atoms with Gasteiger partial charge in [0.05, 0.1) is 5.56 Å². The summed E-state index contributed by atoms with van der Waals surface area (Å²) in [6.45, 7) is 4.00. The van der Waals surface area contributed by atoms with Gasteiger partial charge in [-0.3, -0.25) is 4.79 Å². The Hall–Kier alpha value is -1.81. The minimum atomic E-state index is -0.331. The number of benzene rings is 2. The number of carbonyl (C=O) groups excluding carboxylic acids is 1. The lowest BCUT2D eigenvalue weighted by atomic mass is 10.1. The van der Waals surface area contributed by atoms with Gasteiger partial charge in [-0.15, -0.1) is 0 Å². The summed E-state index contributed by atoms with van der Waals surface area (Å²) in [5.41, 5.74) is 3.24. The second-order valence-electron chi connectivity index (χ2n) is 4.41. The Morgan fingerprint density at radius 2 is 1.84 bits per heavy atom. The SMILES string of the molecule is Cc1ccc(NC(=O)c2cc(Br)ccc2O)cc1C. The predicted molar refractivity (Wildman–Crippen MR) is 79.7 cm³/mol. The second-order valence-corrected chi connectivity index (χ2v) is 5.33. The van der Waals surface area contributed by atoms with Crippen LogP contribution >= 0.6 is 15.9 Å². The molecule has 0 bridgehead atoms. The zero-order valence-electron chi connectivity index (χ0n) is 10.7. The Kier molecular flexibility index (Phi) is 3.90. The molecule has 1 amide bonds. The fraction of sp³-hybridized carbons (Fsp3) is 0.133. The summed E-state index contributed by atoms with van der Waals surface area (Å²) in [5, 5.41) is 12.5. The lowest BCUT2D eigenvalue weighted by Gasteiger charge is -2.09. The van der Waals surface area contributed by atoms with E-state index >= 15 is 0 Å². The average Bonchev–Trinajstić information content (AvgIpc) is 2.36. The maximum Gasteiger partial charge on any atom is 0.259 e. The average molecular weight is 320 g/mol. The fourth-order valence-electron chi connectivity index (χ4n) is 1.71. The Bertz CT molecular complexity index is 638. The molecule has 98 valence electrons. The molecule has 2 rings (SSSR count). The molecule has 0 radical (unpaired) electrons. The first kappa shape index (κ1) is 13.6. The molecule has 2 aromatic carbocycles. The third-order valence-electron chi connectivity index (χ3n) is 2.97. The number of anilines is 1. The quantitative estimate of drug-likeness (QED) is 0.878. The summed E-state index contributed by atoms with van der Waals surface area (Å²) in [7, 11) is 0. The van der Waals surface area contributed by atoms with Gasteiger partial charge in [-0.1, -0.05) is 22.0 Å². The van der Waals surface area contributed by atoms with Crippen LogP contribution in [0.5, 0.6) is 5.75 Å². The van der Waals surface area contributed by atoms with Crippen LogP contribution in [0.25, 0.3) is 0 Å². The minimum absolute atomic E-state index is 0.0375. The molecule has 19 heavy (non-hydrogen) atoms. The van der Waals surface area contributed by atoms with Gasteiger partial charge in [0, 0.05) is 10.2 Å². The third kappa shape index (κ3) is 3.15. The van der Waals surface area contributed by atoms with Crippen LogP contribution in [0.4, 0.5) is 5.69 Å². The number of phenolic OH excluding ortho intramolecular Hbond substituents is 1. The first-order chi connectivity index (χ1) is 8.97. The highest BCUT2D eigenvalue weighted by molar-refractivity contribution is 9.10. The standard InChI is InChI=1S/C15H14BrNO2/c1-9-3-5-12(7-10(9)2)17-15(19)13-8-11(16)4-6-14(13)18/h3-8,18H,1-2H3,(H,17,19). The maximum atomic E-state index is 12.1. The van der Waals surface area contributed by atoms with Crippen LogP contribution in [-0.2, 0) is 0 Å². The van der Waals surface area contributed by atoms with Gasteiger partial charge >= 0.3 is 0 Å². The number of carbonyl (C=O) groups is 1. The molecule has 0 fully saturated rings. The van der Waals surface area contributed by atoms with Crippen molar-refractivity contribution >= 4 is 27.5 Å². The van der Waals surface area contributed by atoms with Gasteiger partial charge in [-0.05, 0) is 55.3 Å². The lowest BCUT2D eigenvalue weighted by Crippen LogP contribution is -2.12. The molecule has 4 heteroatoms. The van der Waals surface area contributed by atoms with Crippen molar-refractivity contribution in [1.82, 2.24) is 0 Å². The zero-order valence-corrected chi connectivity index (χ0v) is 12.3. The van der Waals surface area contributed by atoms with Crippen LogP contribution in [0.2, 0.25) is 0 Å². The highest BCUT2D eigenvalue weighted by atomic mass is 79.9. The number of hydrogen-bond donors (Lipinski definition) is 2. The molecule has 0 heterocycles. The number of nitrogens with one attached hydrogen (secondary N) is 1. The number of rotatable bonds is 2. The number of amides is 1. The van der Waals surface area contributed by atoms with Crippen molar-refractivity contribution in [2.45, 2.75) is 13.8 Å². The van der Waals surface area contributed by atoms with Gasteiger partial charge in [0.2, 0.25) is 0 Å². The van der Waals surface area contributed by atoms with E-state index in [-0.39, 0.29) is 17.2 Å². The lowest BCUT2D eigenvalue weighted by molar-refractivity contribution is 0.102. The molecule has 3 nitrogen and oxygen atoms in total. The van der Waals surface area contributed by atoms with E-state index in [0.717, 1.165) is 10.0 Å². The topological polar surface area (TPSA) is 49.3 Å².